The van der Waals surface area contributed by atoms with Gasteiger partial charge in [-0.1, -0.05) is 12.1 Å². The van der Waals surface area contributed by atoms with Crippen molar-refractivity contribution in [2.75, 3.05) is 6.54 Å². The molecule has 0 saturated heterocycles. The highest BCUT2D eigenvalue weighted by molar-refractivity contribution is 5.76. The summed E-state index contributed by atoms with van der Waals surface area (Å²) in [6.45, 7) is 2.44. The molecule has 0 fully saturated rings. The van der Waals surface area contributed by atoms with Gasteiger partial charge in [0, 0.05) is 6.42 Å². The van der Waals surface area contributed by atoms with E-state index in [1.165, 1.54) is 0 Å². The lowest BCUT2D eigenvalue weighted by Crippen LogP contribution is -2.26. The molecule has 1 rings (SSSR count). The van der Waals surface area contributed by atoms with Crippen molar-refractivity contribution in [1.29, 1.82) is 5.26 Å². The summed E-state index contributed by atoms with van der Waals surface area (Å²) in [7, 11) is 0. The van der Waals surface area contributed by atoms with Crippen LogP contribution in [-0.2, 0) is 4.79 Å². The standard InChI is InChI=1S/C13H17N3O/c1-10(16-13(17)3-2-8-14)12-6-4-11(9-15)5-7-12/h4-7,10H,2-3,8,14H2,1H3,(H,16,17). The zero-order valence-electron chi connectivity index (χ0n) is 9.94. The van der Waals surface area contributed by atoms with Crippen molar-refractivity contribution in [3.05, 3.63) is 35.4 Å². The number of carbonyl (C=O) groups is 1. The molecule has 0 heterocycles. The first-order valence-electron chi connectivity index (χ1n) is 5.67. The van der Waals surface area contributed by atoms with Crippen LogP contribution in [0.25, 0.3) is 0 Å². The number of nitrogens with one attached hydrogen (secondary N) is 1. The Balaban J connectivity index is 2.54. The van der Waals surface area contributed by atoms with Gasteiger partial charge in [-0.15, -0.1) is 0 Å². The molecule has 0 aliphatic rings. The molecular formula is C13H17N3O. The van der Waals surface area contributed by atoms with Gasteiger partial charge in [0.1, 0.15) is 0 Å². The molecule has 4 nitrogen and oxygen atoms in total. The van der Waals surface area contributed by atoms with Crippen LogP contribution in [-0.4, -0.2) is 12.5 Å². The monoisotopic (exact) mass is 231 g/mol. The molecule has 1 aromatic rings. The lowest BCUT2D eigenvalue weighted by Gasteiger charge is -2.14. The largest absolute Gasteiger partial charge is 0.350 e. The lowest BCUT2D eigenvalue weighted by molar-refractivity contribution is -0.121. The number of hydrogen-bond acceptors (Lipinski definition) is 3. The van der Waals surface area contributed by atoms with Crippen LogP contribution in [0.3, 0.4) is 0 Å². The van der Waals surface area contributed by atoms with Gasteiger partial charge in [-0.2, -0.15) is 5.26 Å². The number of rotatable bonds is 5. The Labute approximate surface area is 101 Å². The van der Waals surface area contributed by atoms with Crippen LogP contribution in [0.2, 0.25) is 0 Å². The SMILES string of the molecule is CC(NC(=O)CCCN)c1ccc(C#N)cc1. The van der Waals surface area contributed by atoms with Crippen molar-refractivity contribution in [3.63, 3.8) is 0 Å². The topological polar surface area (TPSA) is 78.9 Å². The summed E-state index contributed by atoms with van der Waals surface area (Å²) < 4.78 is 0. The zero-order chi connectivity index (χ0) is 12.7. The van der Waals surface area contributed by atoms with Gasteiger partial charge in [-0.3, -0.25) is 4.79 Å². The molecule has 1 atom stereocenters. The van der Waals surface area contributed by atoms with E-state index >= 15 is 0 Å². The highest BCUT2D eigenvalue weighted by Crippen LogP contribution is 2.13. The van der Waals surface area contributed by atoms with Gasteiger partial charge >= 0.3 is 0 Å². The van der Waals surface area contributed by atoms with E-state index in [-0.39, 0.29) is 11.9 Å². The number of carbonyl (C=O) groups excluding carboxylic acids is 1. The maximum absolute atomic E-state index is 11.5. The van der Waals surface area contributed by atoms with E-state index in [0.29, 0.717) is 24.9 Å². The van der Waals surface area contributed by atoms with Gasteiger partial charge in [-0.25, -0.2) is 0 Å². The second kappa shape index (κ2) is 6.66. The maximum Gasteiger partial charge on any atom is 0.220 e. The molecule has 0 saturated carbocycles. The Bertz CT molecular complexity index is 406. The molecule has 0 radical (unpaired) electrons. The Morgan fingerprint density at radius 3 is 2.65 bits per heavy atom. The molecule has 1 unspecified atom stereocenters. The minimum absolute atomic E-state index is 0.00677. The van der Waals surface area contributed by atoms with Crippen LogP contribution in [0.4, 0.5) is 0 Å². The van der Waals surface area contributed by atoms with Crippen molar-refractivity contribution in [2.24, 2.45) is 5.73 Å². The Hall–Kier alpha value is -1.86. The number of nitrogens with zero attached hydrogens (tertiary/aromatic N) is 1. The molecule has 0 aliphatic carbocycles. The molecule has 0 aromatic heterocycles. The molecule has 1 amide bonds. The van der Waals surface area contributed by atoms with Gasteiger partial charge in [-0.05, 0) is 37.6 Å². The summed E-state index contributed by atoms with van der Waals surface area (Å²) in [5.74, 6) is 0.00677. The summed E-state index contributed by atoms with van der Waals surface area (Å²) in [5.41, 5.74) is 6.95. The zero-order valence-corrected chi connectivity index (χ0v) is 9.94. The van der Waals surface area contributed by atoms with E-state index in [0.717, 1.165) is 5.56 Å². The fraction of sp³-hybridized carbons (Fsp3) is 0.385. The maximum atomic E-state index is 11.5. The number of hydrogen-bond donors (Lipinski definition) is 2. The van der Waals surface area contributed by atoms with E-state index in [1.54, 1.807) is 12.1 Å². The summed E-state index contributed by atoms with van der Waals surface area (Å²) in [4.78, 5) is 11.5. The number of nitrogens with two attached hydrogens (primary N) is 1. The Kier molecular flexibility index (Phi) is 5.18. The molecule has 0 aliphatic heterocycles. The van der Waals surface area contributed by atoms with Crippen molar-refractivity contribution in [3.8, 4) is 6.07 Å². The number of benzene rings is 1. The lowest BCUT2D eigenvalue weighted by atomic mass is 10.1. The third kappa shape index (κ3) is 4.25. The normalized spacial score (nSPS) is 11.6. The quantitative estimate of drug-likeness (QED) is 0.805. The fourth-order valence-electron chi connectivity index (χ4n) is 1.51. The molecular weight excluding hydrogens is 214 g/mol. The minimum Gasteiger partial charge on any atom is -0.350 e. The van der Waals surface area contributed by atoms with Gasteiger partial charge in [0.15, 0.2) is 0 Å². The van der Waals surface area contributed by atoms with Gasteiger partial charge in [0.05, 0.1) is 17.7 Å². The molecule has 90 valence electrons. The smallest absolute Gasteiger partial charge is 0.220 e. The van der Waals surface area contributed by atoms with Crippen LogP contribution in [0.5, 0.6) is 0 Å². The molecule has 0 bridgehead atoms. The van der Waals surface area contributed by atoms with Gasteiger partial charge < -0.3 is 11.1 Å². The van der Waals surface area contributed by atoms with Crippen molar-refractivity contribution in [2.45, 2.75) is 25.8 Å². The summed E-state index contributed by atoms with van der Waals surface area (Å²) in [5, 5.41) is 11.6. The number of amides is 1. The molecule has 3 N–H and O–H groups in total. The summed E-state index contributed by atoms with van der Waals surface area (Å²) in [6.07, 6.45) is 1.16. The third-order valence-corrected chi connectivity index (χ3v) is 2.53. The third-order valence-electron chi connectivity index (χ3n) is 2.53. The second-order valence-corrected chi connectivity index (χ2v) is 3.92. The fourth-order valence-corrected chi connectivity index (χ4v) is 1.51. The average Bonchev–Trinajstić information content (AvgIpc) is 2.36. The first-order chi connectivity index (χ1) is 8.17. The predicted molar refractivity (Wildman–Crippen MR) is 66.0 cm³/mol. The first kappa shape index (κ1) is 13.2. The van der Waals surface area contributed by atoms with E-state index < -0.39 is 0 Å². The number of nitriles is 1. The summed E-state index contributed by atoms with van der Waals surface area (Å²) >= 11 is 0. The Morgan fingerprint density at radius 1 is 1.47 bits per heavy atom. The van der Waals surface area contributed by atoms with Gasteiger partial charge in [0.25, 0.3) is 0 Å². The Morgan fingerprint density at radius 2 is 2.12 bits per heavy atom. The van der Waals surface area contributed by atoms with Crippen LogP contribution in [0.15, 0.2) is 24.3 Å². The van der Waals surface area contributed by atoms with Gasteiger partial charge in [0.2, 0.25) is 5.91 Å². The van der Waals surface area contributed by atoms with E-state index in [4.69, 9.17) is 11.0 Å². The van der Waals surface area contributed by atoms with Crippen LogP contribution < -0.4 is 11.1 Å². The van der Waals surface area contributed by atoms with E-state index in [2.05, 4.69) is 11.4 Å². The van der Waals surface area contributed by atoms with Crippen LogP contribution in [0.1, 0.15) is 36.9 Å². The van der Waals surface area contributed by atoms with Crippen molar-refractivity contribution < 1.29 is 4.79 Å². The first-order valence-corrected chi connectivity index (χ1v) is 5.67. The van der Waals surface area contributed by atoms with Crippen LogP contribution >= 0.6 is 0 Å². The summed E-state index contributed by atoms with van der Waals surface area (Å²) in [6, 6.07) is 9.22. The highest BCUT2D eigenvalue weighted by Gasteiger charge is 2.08. The average molecular weight is 231 g/mol. The molecule has 17 heavy (non-hydrogen) atoms. The van der Waals surface area contributed by atoms with Crippen molar-refractivity contribution >= 4 is 5.91 Å². The van der Waals surface area contributed by atoms with E-state index in [9.17, 15) is 4.79 Å². The van der Waals surface area contributed by atoms with Crippen molar-refractivity contribution in [1.82, 2.24) is 5.32 Å². The molecule has 0 spiro atoms. The molecule has 1 aromatic carbocycles. The highest BCUT2D eigenvalue weighted by atomic mass is 16.1. The van der Waals surface area contributed by atoms with E-state index in [1.807, 2.05) is 19.1 Å². The van der Waals surface area contributed by atoms with Crippen LogP contribution in [0, 0.1) is 11.3 Å². The second-order valence-electron chi connectivity index (χ2n) is 3.92. The predicted octanol–water partition coefficient (Wildman–Crippen LogP) is 1.47. The minimum atomic E-state index is -0.0481. The molecule has 4 heteroatoms.